The summed E-state index contributed by atoms with van der Waals surface area (Å²) in [5.74, 6) is -0.0193. The lowest BCUT2D eigenvalue weighted by Crippen LogP contribution is -2.06. The number of nitrogens with two attached hydrogens (primary N) is 1. The van der Waals surface area contributed by atoms with E-state index in [4.69, 9.17) is 5.73 Å². The largest absolute Gasteiger partial charge is 0.398 e. The molecule has 3 aromatic rings. The van der Waals surface area contributed by atoms with Crippen molar-refractivity contribution in [2.24, 2.45) is 0 Å². The summed E-state index contributed by atoms with van der Waals surface area (Å²) in [6.45, 7) is 0. The molecule has 0 aliphatic carbocycles. The van der Waals surface area contributed by atoms with Crippen molar-refractivity contribution in [3.63, 3.8) is 0 Å². The number of rotatable bonds is 7. The molecule has 0 aromatic heterocycles. The second-order valence-electron chi connectivity index (χ2n) is 5.99. The molecule has 0 spiro atoms. The van der Waals surface area contributed by atoms with Gasteiger partial charge in [0.2, 0.25) is 0 Å². The molecular weight excluding hydrogens is 360 g/mol. The summed E-state index contributed by atoms with van der Waals surface area (Å²) in [4.78, 5) is 24.3. The summed E-state index contributed by atoms with van der Waals surface area (Å²) in [5, 5.41) is 10.9. The molecule has 1 unspecified atom stereocenters. The third-order valence-electron chi connectivity index (χ3n) is 4.11. The van der Waals surface area contributed by atoms with Crippen molar-refractivity contribution in [3.8, 4) is 0 Å². The maximum Gasteiger partial charge on any atom is 0.269 e. The first-order valence-electron chi connectivity index (χ1n) is 8.38. The number of carbonyl (C=O) groups is 1. The zero-order valence-electron chi connectivity index (χ0n) is 14.4. The smallest absolute Gasteiger partial charge is 0.269 e. The Kier molecular flexibility index (Phi) is 5.88. The van der Waals surface area contributed by atoms with Gasteiger partial charge in [-0.25, -0.2) is 0 Å². The van der Waals surface area contributed by atoms with Crippen LogP contribution in [-0.4, -0.2) is 10.7 Å². The van der Waals surface area contributed by atoms with Crippen LogP contribution in [0.3, 0.4) is 0 Å². The van der Waals surface area contributed by atoms with Crippen LogP contribution in [-0.2, 0) is 0 Å². The van der Waals surface area contributed by atoms with Crippen molar-refractivity contribution < 1.29 is 9.72 Å². The number of carbonyl (C=O) groups excluding carboxylic acids is 1. The van der Waals surface area contributed by atoms with Gasteiger partial charge in [0.05, 0.1) is 4.92 Å². The van der Waals surface area contributed by atoms with E-state index in [-0.39, 0.29) is 23.1 Å². The molecule has 136 valence electrons. The van der Waals surface area contributed by atoms with Crippen molar-refractivity contribution >= 4 is 28.9 Å². The fourth-order valence-electron chi connectivity index (χ4n) is 2.72. The van der Waals surface area contributed by atoms with E-state index in [2.05, 4.69) is 0 Å². The molecule has 0 saturated carbocycles. The van der Waals surface area contributed by atoms with E-state index in [1.54, 1.807) is 24.3 Å². The van der Waals surface area contributed by atoms with Gasteiger partial charge in [-0.3, -0.25) is 14.9 Å². The minimum atomic E-state index is -0.429. The Bertz CT molecular complexity index is 960. The van der Waals surface area contributed by atoms with E-state index in [9.17, 15) is 14.9 Å². The topological polar surface area (TPSA) is 86.2 Å². The summed E-state index contributed by atoms with van der Waals surface area (Å²) in [5.41, 5.74) is 8.02. The maximum absolute atomic E-state index is 12.7. The molecule has 3 aromatic carbocycles. The number of hydrogen-bond acceptors (Lipinski definition) is 5. The fraction of sp³-hybridized carbons (Fsp3) is 0.0952. The van der Waals surface area contributed by atoms with Crippen LogP contribution in [0.25, 0.3) is 0 Å². The number of non-ortho nitro benzene ring substituents is 1. The molecule has 0 radical (unpaired) electrons. The van der Waals surface area contributed by atoms with Crippen LogP contribution in [0, 0.1) is 10.1 Å². The number of nitro groups is 1. The van der Waals surface area contributed by atoms with Gasteiger partial charge in [-0.2, -0.15) is 0 Å². The normalized spacial score (nSPS) is 11.7. The van der Waals surface area contributed by atoms with Gasteiger partial charge in [-0.15, -0.1) is 11.8 Å². The third kappa shape index (κ3) is 4.74. The van der Waals surface area contributed by atoms with E-state index >= 15 is 0 Å². The summed E-state index contributed by atoms with van der Waals surface area (Å²) < 4.78 is 0. The number of ketones is 1. The highest BCUT2D eigenvalue weighted by molar-refractivity contribution is 7.99. The van der Waals surface area contributed by atoms with Gasteiger partial charge in [0.25, 0.3) is 5.69 Å². The molecule has 0 amide bonds. The number of thioether (sulfide) groups is 1. The number of anilines is 1. The van der Waals surface area contributed by atoms with Crippen LogP contribution < -0.4 is 5.73 Å². The van der Waals surface area contributed by atoms with Gasteiger partial charge in [0, 0.05) is 39.9 Å². The zero-order chi connectivity index (χ0) is 19.2. The molecule has 1 atom stereocenters. The molecule has 6 heteroatoms. The molecule has 27 heavy (non-hydrogen) atoms. The molecule has 2 N–H and O–H groups in total. The molecule has 0 saturated heterocycles. The predicted octanol–water partition coefficient (Wildman–Crippen LogP) is 5.28. The van der Waals surface area contributed by atoms with Crippen molar-refractivity contribution in [2.75, 3.05) is 5.73 Å². The van der Waals surface area contributed by atoms with E-state index in [0.29, 0.717) is 11.3 Å². The van der Waals surface area contributed by atoms with Crippen molar-refractivity contribution in [2.45, 2.75) is 16.6 Å². The van der Waals surface area contributed by atoms with Crippen molar-refractivity contribution in [1.29, 1.82) is 0 Å². The van der Waals surface area contributed by atoms with Crippen LogP contribution in [0.15, 0.2) is 83.8 Å². The van der Waals surface area contributed by atoms with Gasteiger partial charge in [-0.1, -0.05) is 54.6 Å². The number of hydrogen-bond donors (Lipinski definition) is 1. The van der Waals surface area contributed by atoms with E-state index in [1.807, 2.05) is 42.5 Å². The van der Waals surface area contributed by atoms with Gasteiger partial charge < -0.3 is 5.73 Å². The summed E-state index contributed by atoms with van der Waals surface area (Å²) in [6.07, 6.45) is 0.212. The molecule has 3 rings (SSSR count). The molecule has 0 aliphatic rings. The second kappa shape index (κ2) is 8.51. The summed E-state index contributed by atoms with van der Waals surface area (Å²) in [7, 11) is 0. The SMILES string of the molecule is Nc1ccccc1SC(CC(=O)c1ccccc1)c1cccc([N+](=O)[O-])c1. The van der Waals surface area contributed by atoms with Gasteiger partial charge in [0.1, 0.15) is 0 Å². The average Bonchev–Trinajstić information content (AvgIpc) is 2.69. The van der Waals surface area contributed by atoms with Gasteiger partial charge >= 0.3 is 0 Å². The summed E-state index contributed by atoms with van der Waals surface area (Å²) >= 11 is 1.44. The standard InChI is InChI=1S/C21H18N2O3S/c22-18-11-4-5-12-20(18)27-21(14-19(24)15-7-2-1-3-8-15)16-9-6-10-17(13-16)23(25)26/h1-13,21H,14,22H2. The monoisotopic (exact) mass is 378 g/mol. The minimum absolute atomic E-state index is 0.00583. The lowest BCUT2D eigenvalue weighted by molar-refractivity contribution is -0.384. The summed E-state index contributed by atoms with van der Waals surface area (Å²) in [6, 6.07) is 22.9. The van der Waals surface area contributed by atoms with Gasteiger partial charge in [0.15, 0.2) is 5.78 Å². The lowest BCUT2D eigenvalue weighted by atomic mass is 10.0. The highest BCUT2D eigenvalue weighted by atomic mass is 32.2. The van der Waals surface area contributed by atoms with Crippen molar-refractivity contribution in [3.05, 3.63) is 100 Å². The first-order valence-corrected chi connectivity index (χ1v) is 9.26. The van der Waals surface area contributed by atoms with Crippen molar-refractivity contribution in [1.82, 2.24) is 0 Å². The predicted molar refractivity (Wildman–Crippen MR) is 108 cm³/mol. The van der Waals surface area contributed by atoms with E-state index in [0.717, 1.165) is 10.5 Å². The van der Waals surface area contributed by atoms with Gasteiger partial charge in [-0.05, 0) is 17.7 Å². The molecule has 0 bridgehead atoms. The van der Waals surface area contributed by atoms with Crippen LogP contribution >= 0.6 is 11.8 Å². The molecule has 0 heterocycles. The van der Waals surface area contributed by atoms with Crippen LogP contribution in [0.5, 0.6) is 0 Å². The average molecular weight is 378 g/mol. The highest BCUT2D eigenvalue weighted by Crippen LogP contribution is 2.41. The molecule has 5 nitrogen and oxygen atoms in total. The number of nitrogens with zero attached hydrogens (tertiary/aromatic N) is 1. The molecule has 0 aliphatic heterocycles. The Balaban J connectivity index is 1.93. The number of benzene rings is 3. The Morgan fingerprint density at radius 2 is 1.70 bits per heavy atom. The minimum Gasteiger partial charge on any atom is -0.398 e. The lowest BCUT2D eigenvalue weighted by Gasteiger charge is -2.17. The Hall–Kier alpha value is -3.12. The Morgan fingerprint density at radius 3 is 2.41 bits per heavy atom. The number of nitrogen functional groups attached to an aromatic ring is 1. The Labute approximate surface area is 161 Å². The van der Waals surface area contributed by atoms with Crippen LogP contribution in [0.2, 0.25) is 0 Å². The third-order valence-corrected chi connectivity index (χ3v) is 5.46. The zero-order valence-corrected chi connectivity index (χ0v) is 15.3. The van der Waals surface area contributed by atoms with E-state index in [1.165, 1.54) is 23.9 Å². The first kappa shape index (κ1) is 18.7. The number of Topliss-reactive ketones (excluding diaryl/α,β-unsaturated/α-hetero) is 1. The highest BCUT2D eigenvalue weighted by Gasteiger charge is 2.21. The first-order chi connectivity index (χ1) is 13.0. The van der Waals surface area contributed by atoms with E-state index < -0.39 is 4.92 Å². The number of para-hydroxylation sites is 1. The van der Waals surface area contributed by atoms with Crippen LogP contribution in [0.1, 0.15) is 27.6 Å². The quantitative estimate of drug-likeness (QED) is 0.199. The second-order valence-corrected chi connectivity index (χ2v) is 7.23. The van der Waals surface area contributed by atoms with Crippen LogP contribution in [0.4, 0.5) is 11.4 Å². The Morgan fingerprint density at radius 1 is 1.00 bits per heavy atom. The molecule has 0 fully saturated rings. The number of nitro benzene ring substituents is 1. The molecular formula is C21H18N2O3S. The maximum atomic E-state index is 12.7. The fourth-order valence-corrected chi connectivity index (χ4v) is 3.90.